The molecule has 8 heteroatoms. The number of piperazine rings is 1. The van der Waals surface area contributed by atoms with Gasteiger partial charge in [0.25, 0.3) is 0 Å². The Balaban J connectivity index is 2.23. The Kier molecular flexibility index (Phi) is 6.06. The van der Waals surface area contributed by atoms with Gasteiger partial charge in [-0.2, -0.15) is 4.31 Å². The normalized spacial score (nSPS) is 16.0. The Hall–Kier alpha value is -1.80. The molecule has 7 nitrogen and oxygen atoms in total. The summed E-state index contributed by atoms with van der Waals surface area (Å²) in [5.41, 5.74) is 0. The molecule has 1 fully saturated rings. The van der Waals surface area contributed by atoms with E-state index in [1.807, 2.05) is 13.8 Å². The lowest BCUT2D eigenvalue weighted by Crippen LogP contribution is -2.49. The standard InChI is InChI=1S/C16H24N2O5S/c1-4-22-15-7-6-14(12-16(15)23-5-2)24(20,21)18-10-8-17(9-11-18)13(3)19/h6-7,12H,4-5,8-11H2,1-3H3. The predicted molar refractivity (Wildman–Crippen MR) is 89.8 cm³/mol. The molecule has 0 aromatic heterocycles. The van der Waals surface area contributed by atoms with E-state index in [4.69, 9.17) is 9.47 Å². The molecule has 1 aromatic rings. The van der Waals surface area contributed by atoms with Crippen molar-refractivity contribution in [1.82, 2.24) is 9.21 Å². The number of sulfonamides is 1. The van der Waals surface area contributed by atoms with E-state index in [1.54, 1.807) is 11.0 Å². The molecule has 0 N–H and O–H groups in total. The van der Waals surface area contributed by atoms with Gasteiger partial charge in [-0.05, 0) is 26.0 Å². The summed E-state index contributed by atoms with van der Waals surface area (Å²) in [6, 6.07) is 4.65. The van der Waals surface area contributed by atoms with Gasteiger partial charge in [0, 0.05) is 39.2 Å². The third kappa shape index (κ3) is 3.99. The Bertz CT molecular complexity index is 682. The van der Waals surface area contributed by atoms with E-state index in [0.717, 1.165) is 0 Å². The molecule has 0 spiro atoms. The van der Waals surface area contributed by atoms with Crippen LogP contribution in [-0.4, -0.2) is 62.9 Å². The zero-order chi connectivity index (χ0) is 17.7. The van der Waals surface area contributed by atoms with Crippen LogP contribution >= 0.6 is 0 Å². The van der Waals surface area contributed by atoms with Crippen molar-refractivity contribution < 1.29 is 22.7 Å². The molecule has 1 heterocycles. The molecule has 0 saturated carbocycles. The summed E-state index contributed by atoms with van der Waals surface area (Å²) in [4.78, 5) is 13.2. The van der Waals surface area contributed by atoms with Crippen molar-refractivity contribution in [1.29, 1.82) is 0 Å². The van der Waals surface area contributed by atoms with Gasteiger partial charge in [-0.25, -0.2) is 8.42 Å². The van der Waals surface area contributed by atoms with Gasteiger partial charge >= 0.3 is 0 Å². The van der Waals surface area contributed by atoms with Gasteiger partial charge in [0.05, 0.1) is 18.1 Å². The summed E-state index contributed by atoms with van der Waals surface area (Å²) < 4.78 is 38.0. The van der Waals surface area contributed by atoms with Gasteiger partial charge < -0.3 is 14.4 Å². The highest BCUT2D eigenvalue weighted by Crippen LogP contribution is 2.31. The van der Waals surface area contributed by atoms with Crippen LogP contribution in [0, 0.1) is 0 Å². The van der Waals surface area contributed by atoms with Crippen molar-refractivity contribution in [3.8, 4) is 11.5 Å². The Morgan fingerprint density at radius 2 is 1.62 bits per heavy atom. The van der Waals surface area contributed by atoms with Crippen molar-refractivity contribution in [2.24, 2.45) is 0 Å². The smallest absolute Gasteiger partial charge is 0.243 e. The highest BCUT2D eigenvalue weighted by Gasteiger charge is 2.30. The Morgan fingerprint density at radius 3 is 2.17 bits per heavy atom. The lowest BCUT2D eigenvalue weighted by atomic mass is 10.3. The molecule has 134 valence electrons. The maximum atomic E-state index is 12.8. The largest absolute Gasteiger partial charge is 0.490 e. The SMILES string of the molecule is CCOc1ccc(S(=O)(=O)N2CCN(C(C)=O)CC2)cc1OCC. The van der Waals surface area contributed by atoms with Crippen LogP contribution in [0.4, 0.5) is 0 Å². The molecule has 2 rings (SSSR count). The number of nitrogens with zero attached hydrogens (tertiary/aromatic N) is 2. The average Bonchev–Trinajstić information content (AvgIpc) is 2.57. The van der Waals surface area contributed by atoms with Gasteiger partial charge in [0.15, 0.2) is 11.5 Å². The molecule has 0 bridgehead atoms. The third-order valence-corrected chi connectivity index (χ3v) is 5.73. The number of hydrogen-bond acceptors (Lipinski definition) is 5. The quantitative estimate of drug-likeness (QED) is 0.769. The molecule has 24 heavy (non-hydrogen) atoms. The van der Waals surface area contributed by atoms with Gasteiger partial charge in [-0.3, -0.25) is 4.79 Å². The first kappa shape index (κ1) is 18.5. The summed E-state index contributed by atoms with van der Waals surface area (Å²) in [6.45, 7) is 7.46. The van der Waals surface area contributed by atoms with Crippen LogP contribution in [0.25, 0.3) is 0 Å². The van der Waals surface area contributed by atoms with Crippen molar-refractivity contribution >= 4 is 15.9 Å². The molecule has 1 amide bonds. The molecule has 1 saturated heterocycles. The molecule has 0 unspecified atom stereocenters. The number of carbonyl (C=O) groups excluding carboxylic acids is 1. The predicted octanol–water partition coefficient (Wildman–Crippen LogP) is 1.34. The number of amides is 1. The maximum absolute atomic E-state index is 12.8. The maximum Gasteiger partial charge on any atom is 0.243 e. The van der Waals surface area contributed by atoms with Crippen molar-refractivity contribution in [3.63, 3.8) is 0 Å². The third-order valence-electron chi connectivity index (χ3n) is 3.84. The van der Waals surface area contributed by atoms with E-state index >= 15 is 0 Å². The molecular formula is C16H24N2O5S. The van der Waals surface area contributed by atoms with E-state index in [1.165, 1.54) is 23.4 Å². The molecule has 0 atom stereocenters. The molecule has 1 aromatic carbocycles. The van der Waals surface area contributed by atoms with Crippen LogP contribution in [0.5, 0.6) is 11.5 Å². The first-order valence-corrected chi connectivity index (χ1v) is 9.49. The van der Waals surface area contributed by atoms with Crippen LogP contribution < -0.4 is 9.47 Å². The van der Waals surface area contributed by atoms with Crippen molar-refractivity contribution in [2.75, 3.05) is 39.4 Å². The second-order valence-electron chi connectivity index (χ2n) is 5.38. The lowest BCUT2D eigenvalue weighted by molar-refractivity contribution is -0.129. The van der Waals surface area contributed by atoms with Gasteiger partial charge in [0.2, 0.25) is 15.9 Å². The highest BCUT2D eigenvalue weighted by atomic mass is 32.2. The number of rotatable bonds is 6. The number of benzene rings is 1. The van der Waals surface area contributed by atoms with E-state index < -0.39 is 10.0 Å². The summed E-state index contributed by atoms with van der Waals surface area (Å²) in [5.74, 6) is 0.911. The van der Waals surface area contributed by atoms with Crippen LogP contribution in [-0.2, 0) is 14.8 Å². The topological polar surface area (TPSA) is 76.2 Å². The van der Waals surface area contributed by atoms with E-state index in [0.29, 0.717) is 50.9 Å². The van der Waals surface area contributed by atoms with Crippen LogP contribution in [0.1, 0.15) is 20.8 Å². The van der Waals surface area contributed by atoms with E-state index in [2.05, 4.69) is 0 Å². The van der Waals surface area contributed by atoms with Crippen molar-refractivity contribution in [2.45, 2.75) is 25.7 Å². The highest BCUT2D eigenvalue weighted by molar-refractivity contribution is 7.89. The van der Waals surface area contributed by atoms with Crippen molar-refractivity contribution in [3.05, 3.63) is 18.2 Å². The summed E-state index contributed by atoms with van der Waals surface area (Å²) in [7, 11) is -3.62. The van der Waals surface area contributed by atoms with Gasteiger partial charge in [0.1, 0.15) is 0 Å². The summed E-state index contributed by atoms with van der Waals surface area (Å²) >= 11 is 0. The number of ether oxygens (including phenoxy) is 2. The van der Waals surface area contributed by atoms with Gasteiger partial charge in [-0.15, -0.1) is 0 Å². The summed E-state index contributed by atoms with van der Waals surface area (Å²) in [6.07, 6.45) is 0. The van der Waals surface area contributed by atoms with Crippen LogP contribution in [0.15, 0.2) is 23.1 Å². The van der Waals surface area contributed by atoms with Crippen LogP contribution in [0.3, 0.4) is 0 Å². The molecule has 0 radical (unpaired) electrons. The van der Waals surface area contributed by atoms with Gasteiger partial charge in [-0.1, -0.05) is 0 Å². The monoisotopic (exact) mass is 356 g/mol. The molecule has 1 aliphatic heterocycles. The minimum atomic E-state index is -3.62. The first-order chi connectivity index (χ1) is 11.4. The molecular weight excluding hydrogens is 332 g/mol. The Labute approximate surface area is 143 Å². The van der Waals surface area contributed by atoms with E-state index in [9.17, 15) is 13.2 Å². The minimum Gasteiger partial charge on any atom is -0.490 e. The molecule has 1 aliphatic rings. The zero-order valence-electron chi connectivity index (χ0n) is 14.3. The first-order valence-electron chi connectivity index (χ1n) is 8.05. The zero-order valence-corrected chi connectivity index (χ0v) is 15.1. The minimum absolute atomic E-state index is 0.0354. The second kappa shape index (κ2) is 7.85. The average molecular weight is 356 g/mol. The fourth-order valence-electron chi connectivity index (χ4n) is 2.58. The van der Waals surface area contributed by atoms with Crippen LogP contribution in [0.2, 0.25) is 0 Å². The lowest BCUT2D eigenvalue weighted by Gasteiger charge is -2.33. The molecule has 0 aliphatic carbocycles. The summed E-state index contributed by atoms with van der Waals surface area (Å²) in [5, 5.41) is 0. The van der Waals surface area contributed by atoms with E-state index in [-0.39, 0.29) is 10.8 Å². The number of carbonyl (C=O) groups is 1. The fourth-order valence-corrected chi connectivity index (χ4v) is 4.02. The second-order valence-corrected chi connectivity index (χ2v) is 7.32. The number of hydrogen-bond donors (Lipinski definition) is 0. The fraction of sp³-hybridized carbons (Fsp3) is 0.562. The Morgan fingerprint density at radius 1 is 1.04 bits per heavy atom.